The van der Waals surface area contributed by atoms with E-state index in [1.807, 2.05) is 30.3 Å². The van der Waals surface area contributed by atoms with Crippen LogP contribution in [0, 0.1) is 6.92 Å². The van der Waals surface area contributed by atoms with Crippen LogP contribution >= 0.6 is 0 Å². The van der Waals surface area contributed by atoms with Crippen LogP contribution in [-0.4, -0.2) is 6.10 Å². The maximum atomic E-state index is 5.86. The van der Waals surface area contributed by atoms with Crippen molar-refractivity contribution in [1.29, 1.82) is 0 Å². The van der Waals surface area contributed by atoms with Crippen LogP contribution in [0.25, 0.3) is 6.08 Å². The van der Waals surface area contributed by atoms with E-state index in [1.165, 1.54) is 17.5 Å². The summed E-state index contributed by atoms with van der Waals surface area (Å²) in [6, 6.07) is 18.5. The van der Waals surface area contributed by atoms with Crippen molar-refractivity contribution in [3.8, 4) is 0 Å². The van der Waals surface area contributed by atoms with E-state index in [9.17, 15) is 0 Å². The highest BCUT2D eigenvalue weighted by atomic mass is 16.7. The lowest BCUT2D eigenvalue weighted by Crippen LogP contribution is -2.14. The number of anilines is 1. The summed E-state index contributed by atoms with van der Waals surface area (Å²) in [5.41, 5.74) is 6.50. The molecule has 2 heteroatoms. The molecule has 0 saturated carbocycles. The van der Waals surface area contributed by atoms with Crippen LogP contribution in [0.15, 0.2) is 60.7 Å². The van der Waals surface area contributed by atoms with E-state index in [-0.39, 0.29) is 6.10 Å². The predicted molar refractivity (Wildman–Crippen MR) is 94.7 cm³/mol. The van der Waals surface area contributed by atoms with Crippen LogP contribution in [-0.2, 0) is 4.84 Å². The highest BCUT2D eigenvalue weighted by Gasteiger charge is 2.05. The molecule has 0 bridgehead atoms. The van der Waals surface area contributed by atoms with Gasteiger partial charge in [0.25, 0.3) is 0 Å². The van der Waals surface area contributed by atoms with Crippen LogP contribution in [0.5, 0.6) is 0 Å². The Kier molecular flexibility index (Phi) is 6.72. The number of nitrogens with one attached hydrogen (secondary N) is 1. The van der Waals surface area contributed by atoms with Crippen molar-refractivity contribution in [3.63, 3.8) is 0 Å². The minimum Gasteiger partial charge on any atom is -0.269 e. The molecule has 0 aliphatic carbocycles. The number of unbranched alkanes of at least 4 members (excludes halogenated alkanes) is 1. The molecular weight excluding hydrogens is 270 g/mol. The van der Waals surface area contributed by atoms with Crippen LogP contribution in [0.4, 0.5) is 5.69 Å². The van der Waals surface area contributed by atoms with Crippen molar-refractivity contribution >= 4 is 11.8 Å². The highest BCUT2D eigenvalue weighted by Crippen LogP contribution is 2.13. The first kappa shape index (κ1) is 16.3. The molecule has 0 aliphatic rings. The second-order valence-corrected chi connectivity index (χ2v) is 5.54. The van der Waals surface area contributed by atoms with Gasteiger partial charge in [-0.3, -0.25) is 10.3 Å². The standard InChI is InChI=1S/C20H25NO/c1-3-4-10-20(16-13-18-8-6-5-7-9-18)22-21-19-14-11-17(2)12-15-19/h5-9,11-16,20-21H,3-4,10H2,1-2H3/b16-13+. The zero-order valence-corrected chi connectivity index (χ0v) is 13.5. The van der Waals surface area contributed by atoms with Gasteiger partial charge in [0.2, 0.25) is 0 Å². The average Bonchev–Trinajstić information content (AvgIpc) is 2.56. The zero-order valence-electron chi connectivity index (χ0n) is 13.5. The van der Waals surface area contributed by atoms with Gasteiger partial charge in [0, 0.05) is 0 Å². The third-order valence-corrected chi connectivity index (χ3v) is 3.52. The second-order valence-electron chi connectivity index (χ2n) is 5.54. The molecule has 0 radical (unpaired) electrons. The number of benzene rings is 2. The van der Waals surface area contributed by atoms with Gasteiger partial charge in [-0.15, -0.1) is 0 Å². The molecule has 1 N–H and O–H groups in total. The SMILES string of the molecule is CCCCC(/C=C/c1ccccc1)ONc1ccc(C)cc1. The van der Waals surface area contributed by atoms with E-state index >= 15 is 0 Å². The topological polar surface area (TPSA) is 21.3 Å². The van der Waals surface area contributed by atoms with Crippen LogP contribution < -0.4 is 5.48 Å². The summed E-state index contributed by atoms with van der Waals surface area (Å²) < 4.78 is 0. The lowest BCUT2D eigenvalue weighted by atomic mass is 10.1. The zero-order chi connectivity index (χ0) is 15.6. The summed E-state index contributed by atoms with van der Waals surface area (Å²) in [7, 11) is 0. The van der Waals surface area contributed by atoms with Crippen LogP contribution in [0.2, 0.25) is 0 Å². The Morgan fingerprint density at radius 1 is 1.05 bits per heavy atom. The number of rotatable bonds is 8. The number of aryl methyl sites for hydroxylation is 1. The first-order chi connectivity index (χ1) is 10.8. The molecule has 2 aromatic rings. The summed E-state index contributed by atoms with van der Waals surface area (Å²) in [6.07, 6.45) is 7.66. The van der Waals surface area contributed by atoms with Gasteiger partial charge >= 0.3 is 0 Å². The van der Waals surface area contributed by atoms with Gasteiger partial charge in [0.05, 0.1) is 5.69 Å². The quantitative estimate of drug-likeness (QED) is 0.639. The van der Waals surface area contributed by atoms with E-state index in [1.54, 1.807) is 0 Å². The van der Waals surface area contributed by atoms with Crippen LogP contribution in [0.1, 0.15) is 37.3 Å². The molecular formula is C20H25NO. The summed E-state index contributed by atoms with van der Waals surface area (Å²) in [6.45, 7) is 4.28. The van der Waals surface area contributed by atoms with E-state index in [2.05, 4.69) is 55.7 Å². The number of hydrogen-bond donors (Lipinski definition) is 1. The molecule has 22 heavy (non-hydrogen) atoms. The van der Waals surface area contributed by atoms with Crippen LogP contribution in [0.3, 0.4) is 0 Å². The van der Waals surface area contributed by atoms with Crippen molar-refractivity contribution in [2.75, 3.05) is 5.48 Å². The number of hydrogen-bond acceptors (Lipinski definition) is 2. The Hall–Kier alpha value is -2.06. The fourth-order valence-electron chi connectivity index (χ4n) is 2.15. The van der Waals surface area contributed by atoms with Gasteiger partial charge in [-0.1, -0.05) is 79.9 Å². The summed E-state index contributed by atoms with van der Waals surface area (Å²) in [4.78, 5) is 5.86. The molecule has 0 aromatic heterocycles. The molecule has 1 unspecified atom stereocenters. The highest BCUT2D eigenvalue weighted by molar-refractivity contribution is 5.49. The van der Waals surface area contributed by atoms with Crippen molar-refractivity contribution in [3.05, 3.63) is 71.8 Å². The minimum atomic E-state index is 0.0708. The Labute approximate surface area is 133 Å². The monoisotopic (exact) mass is 295 g/mol. The van der Waals surface area contributed by atoms with Crippen molar-refractivity contribution in [2.45, 2.75) is 39.2 Å². The Bertz CT molecular complexity index is 560. The Morgan fingerprint density at radius 3 is 2.45 bits per heavy atom. The van der Waals surface area contributed by atoms with Gasteiger partial charge in [-0.25, -0.2) is 0 Å². The molecule has 116 valence electrons. The smallest absolute Gasteiger partial charge is 0.104 e. The van der Waals surface area contributed by atoms with E-state index in [0.29, 0.717) is 0 Å². The lowest BCUT2D eigenvalue weighted by molar-refractivity contribution is 0.128. The minimum absolute atomic E-state index is 0.0708. The average molecular weight is 295 g/mol. The molecule has 0 saturated heterocycles. The molecule has 1 atom stereocenters. The second kappa shape index (κ2) is 9.06. The lowest BCUT2D eigenvalue weighted by Gasteiger charge is -2.15. The van der Waals surface area contributed by atoms with Crippen molar-refractivity contribution in [2.24, 2.45) is 0 Å². The molecule has 0 amide bonds. The van der Waals surface area contributed by atoms with Gasteiger partial charge in [0.15, 0.2) is 0 Å². The Morgan fingerprint density at radius 2 is 1.77 bits per heavy atom. The van der Waals surface area contributed by atoms with Crippen molar-refractivity contribution in [1.82, 2.24) is 0 Å². The van der Waals surface area contributed by atoms with Gasteiger partial charge in [-0.05, 0) is 31.0 Å². The van der Waals surface area contributed by atoms with Gasteiger partial charge < -0.3 is 0 Å². The normalized spacial score (nSPS) is 12.5. The first-order valence-corrected chi connectivity index (χ1v) is 7.99. The fourth-order valence-corrected chi connectivity index (χ4v) is 2.15. The van der Waals surface area contributed by atoms with Gasteiger partial charge in [0.1, 0.15) is 6.10 Å². The Balaban J connectivity index is 1.93. The molecule has 2 rings (SSSR count). The molecule has 0 aliphatic heterocycles. The first-order valence-electron chi connectivity index (χ1n) is 7.99. The third-order valence-electron chi connectivity index (χ3n) is 3.52. The molecule has 2 nitrogen and oxygen atoms in total. The molecule has 0 fully saturated rings. The fraction of sp³-hybridized carbons (Fsp3) is 0.300. The van der Waals surface area contributed by atoms with Gasteiger partial charge in [-0.2, -0.15) is 0 Å². The largest absolute Gasteiger partial charge is 0.269 e. The summed E-state index contributed by atoms with van der Waals surface area (Å²) >= 11 is 0. The summed E-state index contributed by atoms with van der Waals surface area (Å²) in [5, 5.41) is 0. The summed E-state index contributed by atoms with van der Waals surface area (Å²) in [5.74, 6) is 0. The third kappa shape index (κ3) is 5.74. The maximum Gasteiger partial charge on any atom is 0.104 e. The van der Waals surface area contributed by atoms with E-state index in [0.717, 1.165) is 18.5 Å². The van der Waals surface area contributed by atoms with E-state index < -0.39 is 0 Å². The predicted octanol–water partition coefficient (Wildman–Crippen LogP) is 5.61. The molecule has 0 heterocycles. The maximum absolute atomic E-state index is 5.86. The van der Waals surface area contributed by atoms with E-state index in [4.69, 9.17) is 4.84 Å². The molecule has 2 aromatic carbocycles. The van der Waals surface area contributed by atoms with Crippen molar-refractivity contribution < 1.29 is 4.84 Å². The molecule has 0 spiro atoms.